The molecule has 3 N–H and O–H groups in total. The molecule has 0 aliphatic heterocycles. The molecule has 0 saturated heterocycles. The molecule has 0 aliphatic carbocycles. The summed E-state index contributed by atoms with van der Waals surface area (Å²) in [6, 6.07) is 7.27. The largest absolute Gasteiger partial charge is 0.463 e. The number of hydrogen-bond donors (Lipinski definition) is 2. The summed E-state index contributed by atoms with van der Waals surface area (Å²) in [5.74, 6) is -0.344. The monoisotopic (exact) mass is 220 g/mol. The van der Waals surface area contributed by atoms with Gasteiger partial charge >= 0.3 is 5.97 Å². The fraction of sp³-hybridized carbons (Fsp3) is 0.250. The van der Waals surface area contributed by atoms with E-state index in [0.717, 1.165) is 11.4 Å². The van der Waals surface area contributed by atoms with Gasteiger partial charge in [-0.1, -0.05) is 0 Å². The Balaban J connectivity index is 2.60. The average Bonchev–Trinajstić information content (AvgIpc) is 2.21. The van der Waals surface area contributed by atoms with Crippen LogP contribution in [-0.2, 0) is 9.53 Å². The van der Waals surface area contributed by atoms with Crippen molar-refractivity contribution in [3.05, 3.63) is 36.0 Å². The number of anilines is 2. The Hall–Kier alpha value is -1.97. The lowest BCUT2D eigenvalue weighted by Gasteiger charge is -2.06. The molecule has 1 aromatic carbocycles. The van der Waals surface area contributed by atoms with Gasteiger partial charge in [-0.25, -0.2) is 4.79 Å². The number of ether oxygens (including phenoxy) is 1. The third-order valence-electron chi connectivity index (χ3n) is 1.87. The van der Waals surface area contributed by atoms with E-state index in [1.165, 1.54) is 6.08 Å². The highest BCUT2D eigenvalue weighted by Crippen LogP contribution is 2.12. The standard InChI is InChI=1S/C12H16N2O2/c1-3-16-12(15)8-9(2)14-11-6-4-10(13)5-7-11/h4-8,14H,3,13H2,1-2H3. The zero-order valence-corrected chi connectivity index (χ0v) is 9.49. The quantitative estimate of drug-likeness (QED) is 0.463. The first kappa shape index (κ1) is 12.1. The van der Waals surface area contributed by atoms with Gasteiger partial charge in [0.2, 0.25) is 0 Å². The molecule has 0 radical (unpaired) electrons. The number of benzene rings is 1. The van der Waals surface area contributed by atoms with Crippen molar-refractivity contribution in [2.45, 2.75) is 13.8 Å². The van der Waals surface area contributed by atoms with Crippen molar-refractivity contribution in [3.63, 3.8) is 0 Å². The van der Waals surface area contributed by atoms with Crippen molar-refractivity contribution in [3.8, 4) is 0 Å². The molecule has 16 heavy (non-hydrogen) atoms. The van der Waals surface area contributed by atoms with Crippen LogP contribution in [0.1, 0.15) is 13.8 Å². The number of hydrogen-bond acceptors (Lipinski definition) is 4. The maximum absolute atomic E-state index is 11.1. The van der Waals surface area contributed by atoms with Crippen LogP contribution in [0.25, 0.3) is 0 Å². The smallest absolute Gasteiger partial charge is 0.332 e. The SMILES string of the molecule is CCOC(=O)C=C(C)Nc1ccc(N)cc1. The Kier molecular flexibility index (Phi) is 4.39. The summed E-state index contributed by atoms with van der Waals surface area (Å²) in [5, 5.41) is 3.06. The second-order valence-corrected chi connectivity index (χ2v) is 3.33. The molecule has 0 spiro atoms. The molecule has 86 valence electrons. The average molecular weight is 220 g/mol. The molecule has 0 saturated carbocycles. The van der Waals surface area contributed by atoms with Gasteiger partial charge in [0.25, 0.3) is 0 Å². The highest BCUT2D eigenvalue weighted by Gasteiger charge is 1.98. The number of nitrogen functional groups attached to an aromatic ring is 1. The van der Waals surface area contributed by atoms with E-state index in [4.69, 9.17) is 10.5 Å². The van der Waals surface area contributed by atoms with E-state index in [1.807, 2.05) is 12.1 Å². The van der Waals surface area contributed by atoms with Crippen LogP contribution in [0.5, 0.6) is 0 Å². The van der Waals surface area contributed by atoms with Crippen LogP contribution in [0.3, 0.4) is 0 Å². The lowest BCUT2D eigenvalue weighted by Crippen LogP contribution is -2.04. The van der Waals surface area contributed by atoms with E-state index in [2.05, 4.69) is 5.32 Å². The molecule has 0 aromatic heterocycles. The summed E-state index contributed by atoms with van der Waals surface area (Å²) < 4.78 is 4.79. The second kappa shape index (κ2) is 5.80. The number of esters is 1. The molecule has 0 heterocycles. The Morgan fingerprint density at radius 3 is 2.62 bits per heavy atom. The van der Waals surface area contributed by atoms with Gasteiger partial charge in [-0.05, 0) is 38.1 Å². The first-order valence-corrected chi connectivity index (χ1v) is 5.09. The van der Waals surface area contributed by atoms with Crippen LogP contribution in [0.2, 0.25) is 0 Å². The summed E-state index contributed by atoms with van der Waals surface area (Å²) in [5.41, 5.74) is 7.87. The Morgan fingerprint density at radius 2 is 2.06 bits per heavy atom. The van der Waals surface area contributed by atoms with E-state index in [0.29, 0.717) is 12.3 Å². The number of nitrogens with two attached hydrogens (primary N) is 1. The topological polar surface area (TPSA) is 64.3 Å². The van der Waals surface area contributed by atoms with Crippen LogP contribution in [0, 0.1) is 0 Å². The molecular formula is C12H16N2O2. The predicted molar refractivity (Wildman–Crippen MR) is 64.9 cm³/mol. The summed E-state index contributed by atoms with van der Waals surface area (Å²) in [6.07, 6.45) is 1.42. The number of allylic oxidation sites excluding steroid dienone is 1. The molecule has 0 bridgehead atoms. The van der Waals surface area contributed by atoms with Gasteiger partial charge in [0, 0.05) is 23.1 Å². The highest BCUT2D eigenvalue weighted by molar-refractivity contribution is 5.83. The van der Waals surface area contributed by atoms with Crippen LogP contribution < -0.4 is 11.1 Å². The third-order valence-corrected chi connectivity index (χ3v) is 1.87. The van der Waals surface area contributed by atoms with Crippen molar-refractivity contribution in [1.82, 2.24) is 0 Å². The van der Waals surface area contributed by atoms with E-state index in [9.17, 15) is 4.79 Å². The van der Waals surface area contributed by atoms with Gasteiger partial charge < -0.3 is 15.8 Å². The van der Waals surface area contributed by atoms with Crippen molar-refractivity contribution in [1.29, 1.82) is 0 Å². The maximum Gasteiger partial charge on any atom is 0.332 e. The molecule has 0 aliphatic rings. The van der Waals surface area contributed by atoms with Crippen LogP contribution >= 0.6 is 0 Å². The number of carbonyl (C=O) groups is 1. The Morgan fingerprint density at radius 1 is 1.44 bits per heavy atom. The Bertz CT molecular complexity index is 383. The van der Waals surface area contributed by atoms with Crippen molar-refractivity contribution < 1.29 is 9.53 Å². The van der Waals surface area contributed by atoms with E-state index >= 15 is 0 Å². The zero-order chi connectivity index (χ0) is 12.0. The minimum atomic E-state index is -0.344. The van der Waals surface area contributed by atoms with E-state index < -0.39 is 0 Å². The van der Waals surface area contributed by atoms with Gasteiger partial charge in [-0.15, -0.1) is 0 Å². The van der Waals surface area contributed by atoms with Crippen LogP contribution in [0.4, 0.5) is 11.4 Å². The van der Waals surface area contributed by atoms with Crippen molar-refractivity contribution in [2.24, 2.45) is 0 Å². The Labute approximate surface area is 95.1 Å². The molecule has 1 rings (SSSR count). The minimum Gasteiger partial charge on any atom is -0.463 e. The summed E-state index contributed by atoms with van der Waals surface area (Å²) in [7, 11) is 0. The van der Waals surface area contributed by atoms with Crippen molar-refractivity contribution in [2.75, 3.05) is 17.7 Å². The number of nitrogens with one attached hydrogen (secondary N) is 1. The maximum atomic E-state index is 11.1. The highest BCUT2D eigenvalue weighted by atomic mass is 16.5. The van der Waals surface area contributed by atoms with E-state index in [-0.39, 0.29) is 5.97 Å². The third kappa shape index (κ3) is 4.04. The van der Waals surface area contributed by atoms with Crippen molar-refractivity contribution >= 4 is 17.3 Å². The van der Waals surface area contributed by atoms with Gasteiger partial charge in [0.05, 0.1) is 6.61 Å². The second-order valence-electron chi connectivity index (χ2n) is 3.33. The lowest BCUT2D eigenvalue weighted by molar-refractivity contribution is -0.137. The molecule has 0 amide bonds. The van der Waals surface area contributed by atoms with Crippen LogP contribution in [-0.4, -0.2) is 12.6 Å². The molecule has 4 heteroatoms. The molecule has 1 aromatic rings. The van der Waals surface area contributed by atoms with Gasteiger partial charge in [0.15, 0.2) is 0 Å². The van der Waals surface area contributed by atoms with Gasteiger partial charge in [-0.3, -0.25) is 0 Å². The number of rotatable bonds is 4. The predicted octanol–water partition coefficient (Wildman–Crippen LogP) is 2.15. The molecular weight excluding hydrogens is 204 g/mol. The fourth-order valence-corrected chi connectivity index (χ4v) is 1.19. The molecule has 0 atom stereocenters. The summed E-state index contributed by atoms with van der Waals surface area (Å²) >= 11 is 0. The molecule has 0 unspecified atom stereocenters. The molecule has 0 fully saturated rings. The van der Waals surface area contributed by atoms with Gasteiger partial charge in [-0.2, -0.15) is 0 Å². The fourth-order valence-electron chi connectivity index (χ4n) is 1.19. The molecule has 4 nitrogen and oxygen atoms in total. The summed E-state index contributed by atoms with van der Waals surface area (Å²) in [4.78, 5) is 11.1. The van der Waals surface area contributed by atoms with E-state index in [1.54, 1.807) is 26.0 Å². The van der Waals surface area contributed by atoms with Gasteiger partial charge in [0.1, 0.15) is 0 Å². The minimum absolute atomic E-state index is 0.344. The normalized spacial score (nSPS) is 11.0. The summed E-state index contributed by atoms with van der Waals surface area (Å²) in [6.45, 7) is 3.95. The van der Waals surface area contributed by atoms with Crippen LogP contribution in [0.15, 0.2) is 36.0 Å². The first-order valence-electron chi connectivity index (χ1n) is 5.09. The zero-order valence-electron chi connectivity index (χ0n) is 9.49. The lowest BCUT2D eigenvalue weighted by atomic mass is 10.3. The first-order chi connectivity index (χ1) is 7.61. The number of carbonyl (C=O) groups excluding carboxylic acids is 1.